The van der Waals surface area contributed by atoms with Crippen LogP contribution < -0.4 is 10.6 Å². The average Bonchev–Trinajstić information content (AvgIpc) is 3.18. The molecule has 6 nitrogen and oxygen atoms in total. The third kappa shape index (κ3) is 2.96. The highest BCUT2D eigenvalue weighted by atomic mass is 35.5. The van der Waals surface area contributed by atoms with Crippen LogP contribution in [0.25, 0.3) is 0 Å². The molecule has 0 radical (unpaired) electrons. The summed E-state index contributed by atoms with van der Waals surface area (Å²) in [5, 5.41) is 0.319. The van der Waals surface area contributed by atoms with E-state index in [9.17, 15) is 4.79 Å². The number of amides is 1. The van der Waals surface area contributed by atoms with Gasteiger partial charge in [0.05, 0.1) is 11.2 Å². The third-order valence-corrected chi connectivity index (χ3v) is 4.51. The predicted molar refractivity (Wildman–Crippen MR) is 81.6 cm³/mol. The number of halogens is 1. The van der Waals surface area contributed by atoms with Crippen molar-refractivity contribution in [2.45, 2.75) is 19.3 Å². The standard InChI is InChI=1S/C14H20ClN5O/c15-11-8-17-14(19-4-1-2-5-19)18-12(11)13(21)20-6-3-10(7-16)9-20/h8,10H,1-7,9,16H2/t10-/m0/s1. The molecule has 1 atom stereocenters. The Kier molecular flexibility index (Phi) is 4.26. The van der Waals surface area contributed by atoms with Crippen LogP contribution in [0.2, 0.25) is 5.02 Å². The molecule has 0 spiro atoms. The van der Waals surface area contributed by atoms with Crippen molar-refractivity contribution >= 4 is 23.5 Å². The lowest BCUT2D eigenvalue weighted by atomic mass is 10.1. The maximum atomic E-state index is 12.6. The van der Waals surface area contributed by atoms with Gasteiger partial charge in [0, 0.05) is 26.2 Å². The van der Waals surface area contributed by atoms with Crippen molar-refractivity contribution in [1.29, 1.82) is 0 Å². The topological polar surface area (TPSA) is 75.3 Å². The second-order valence-corrected chi connectivity index (χ2v) is 6.11. The molecule has 0 saturated carbocycles. The average molecular weight is 310 g/mol. The van der Waals surface area contributed by atoms with Crippen LogP contribution in [-0.2, 0) is 0 Å². The summed E-state index contributed by atoms with van der Waals surface area (Å²) in [7, 11) is 0. The molecule has 1 aromatic heterocycles. The minimum Gasteiger partial charge on any atom is -0.341 e. The molecule has 0 aromatic carbocycles. The predicted octanol–water partition coefficient (Wildman–Crippen LogP) is 1.15. The van der Waals surface area contributed by atoms with Crippen LogP contribution in [0.3, 0.4) is 0 Å². The molecule has 2 aliphatic rings. The lowest BCUT2D eigenvalue weighted by molar-refractivity contribution is 0.0782. The summed E-state index contributed by atoms with van der Waals surface area (Å²) in [5.74, 6) is 0.876. The highest BCUT2D eigenvalue weighted by Crippen LogP contribution is 2.23. The zero-order valence-electron chi connectivity index (χ0n) is 12.0. The molecule has 0 aliphatic carbocycles. The second-order valence-electron chi connectivity index (χ2n) is 5.70. The van der Waals surface area contributed by atoms with Gasteiger partial charge in [-0.15, -0.1) is 0 Å². The third-order valence-electron chi connectivity index (χ3n) is 4.23. The van der Waals surface area contributed by atoms with Gasteiger partial charge in [-0.1, -0.05) is 11.6 Å². The van der Waals surface area contributed by atoms with Gasteiger partial charge in [0.2, 0.25) is 5.95 Å². The van der Waals surface area contributed by atoms with Gasteiger partial charge in [-0.05, 0) is 31.7 Å². The van der Waals surface area contributed by atoms with Crippen molar-refractivity contribution in [3.63, 3.8) is 0 Å². The van der Waals surface area contributed by atoms with Crippen LogP contribution in [0.5, 0.6) is 0 Å². The fraction of sp³-hybridized carbons (Fsp3) is 0.643. The molecule has 2 N–H and O–H groups in total. The van der Waals surface area contributed by atoms with Gasteiger partial charge in [-0.3, -0.25) is 4.79 Å². The van der Waals surface area contributed by atoms with Crippen LogP contribution in [0.15, 0.2) is 6.20 Å². The van der Waals surface area contributed by atoms with E-state index in [-0.39, 0.29) is 5.91 Å². The van der Waals surface area contributed by atoms with Crippen LogP contribution in [0.1, 0.15) is 29.8 Å². The zero-order chi connectivity index (χ0) is 14.8. The summed E-state index contributed by atoms with van der Waals surface area (Å²) < 4.78 is 0. The molecule has 3 rings (SSSR count). The van der Waals surface area contributed by atoms with Crippen molar-refractivity contribution in [2.24, 2.45) is 11.7 Å². The number of hydrogen-bond donors (Lipinski definition) is 1. The van der Waals surface area contributed by atoms with Gasteiger partial charge < -0.3 is 15.5 Å². The van der Waals surface area contributed by atoms with E-state index in [0.29, 0.717) is 35.7 Å². The molecule has 2 aliphatic heterocycles. The van der Waals surface area contributed by atoms with Crippen LogP contribution in [-0.4, -0.2) is 53.5 Å². The van der Waals surface area contributed by atoms with Crippen molar-refractivity contribution in [1.82, 2.24) is 14.9 Å². The Hall–Kier alpha value is -1.40. The number of hydrogen-bond acceptors (Lipinski definition) is 5. The summed E-state index contributed by atoms with van der Waals surface area (Å²) in [6.45, 7) is 3.90. The molecule has 2 fully saturated rings. The van der Waals surface area contributed by atoms with E-state index >= 15 is 0 Å². The molecule has 3 heterocycles. The van der Waals surface area contributed by atoms with E-state index in [1.165, 1.54) is 6.20 Å². The Morgan fingerprint density at radius 1 is 1.38 bits per heavy atom. The molecule has 114 valence electrons. The number of anilines is 1. The number of nitrogens with zero attached hydrogens (tertiary/aromatic N) is 4. The Morgan fingerprint density at radius 2 is 2.14 bits per heavy atom. The van der Waals surface area contributed by atoms with Crippen molar-refractivity contribution in [2.75, 3.05) is 37.6 Å². The lowest BCUT2D eigenvalue weighted by Gasteiger charge is -2.19. The molecule has 0 unspecified atom stereocenters. The van der Waals surface area contributed by atoms with Crippen LogP contribution in [0.4, 0.5) is 5.95 Å². The van der Waals surface area contributed by atoms with Crippen molar-refractivity contribution in [3.8, 4) is 0 Å². The summed E-state index contributed by atoms with van der Waals surface area (Å²) in [6, 6.07) is 0. The minimum absolute atomic E-state index is 0.112. The van der Waals surface area contributed by atoms with E-state index < -0.39 is 0 Å². The second kappa shape index (κ2) is 6.15. The Bertz CT molecular complexity index is 532. The number of rotatable bonds is 3. The number of carbonyl (C=O) groups excluding carboxylic acids is 1. The summed E-state index contributed by atoms with van der Waals surface area (Å²) in [6.07, 6.45) is 4.76. The van der Waals surface area contributed by atoms with Gasteiger partial charge in [-0.2, -0.15) is 0 Å². The SMILES string of the molecule is NC[C@@H]1CCN(C(=O)c2nc(N3CCCC3)ncc2Cl)C1. The smallest absolute Gasteiger partial charge is 0.274 e. The quantitative estimate of drug-likeness (QED) is 0.906. The molecular weight excluding hydrogens is 290 g/mol. The van der Waals surface area contributed by atoms with E-state index in [0.717, 1.165) is 38.9 Å². The monoisotopic (exact) mass is 309 g/mol. The Balaban J connectivity index is 1.80. The summed E-state index contributed by atoms with van der Waals surface area (Å²) in [5.41, 5.74) is 5.99. The van der Waals surface area contributed by atoms with Gasteiger partial charge in [0.15, 0.2) is 5.69 Å². The van der Waals surface area contributed by atoms with E-state index in [4.69, 9.17) is 17.3 Å². The summed E-state index contributed by atoms with van der Waals surface area (Å²) in [4.78, 5) is 25.1. The number of likely N-dealkylation sites (tertiary alicyclic amines) is 1. The first-order valence-electron chi connectivity index (χ1n) is 7.46. The van der Waals surface area contributed by atoms with Gasteiger partial charge in [0.1, 0.15) is 0 Å². The van der Waals surface area contributed by atoms with Gasteiger partial charge >= 0.3 is 0 Å². The highest BCUT2D eigenvalue weighted by Gasteiger charge is 2.29. The van der Waals surface area contributed by atoms with Gasteiger partial charge in [0.25, 0.3) is 5.91 Å². The molecule has 2 saturated heterocycles. The Labute approximate surface area is 129 Å². The number of nitrogens with two attached hydrogens (primary N) is 1. The Morgan fingerprint density at radius 3 is 2.81 bits per heavy atom. The zero-order valence-corrected chi connectivity index (χ0v) is 12.7. The number of aromatic nitrogens is 2. The van der Waals surface area contributed by atoms with Gasteiger partial charge in [-0.25, -0.2) is 9.97 Å². The van der Waals surface area contributed by atoms with Crippen molar-refractivity contribution in [3.05, 3.63) is 16.9 Å². The summed E-state index contributed by atoms with van der Waals surface area (Å²) >= 11 is 6.13. The van der Waals surface area contributed by atoms with Crippen molar-refractivity contribution < 1.29 is 4.79 Å². The van der Waals surface area contributed by atoms with E-state index in [1.807, 2.05) is 0 Å². The molecule has 1 aromatic rings. The maximum absolute atomic E-state index is 12.6. The van der Waals surface area contributed by atoms with Crippen LogP contribution in [0, 0.1) is 5.92 Å². The first-order valence-corrected chi connectivity index (χ1v) is 7.83. The fourth-order valence-corrected chi connectivity index (χ4v) is 3.11. The molecule has 1 amide bonds. The highest BCUT2D eigenvalue weighted by molar-refractivity contribution is 6.33. The maximum Gasteiger partial charge on any atom is 0.274 e. The largest absolute Gasteiger partial charge is 0.341 e. The molecular formula is C14H20ClN5O. The first kappa shape index (κ1) is 14.5. The first-order chi connectivity index (χ1) is 10.2. The normalized spacial score (nSPS) is 22.1. The molecule has 0 bridgehead atoms. The van der Waals surface area contributed by atoms with E-state index in [1.54, 1.807) is 4.90 Å². The number of carbonyl (C=O) groups is 1. The van der Waals surface area contributed by atoms with E-state index in [2.05, 4.69) is 14.9 Å². The lowest BCUT2D eigenvalue weighted by Crippen LogP contribution is -2.31. The minimum atomic E-state index is -0.112. The molecule has 21 heavy (non-hydrogen) atoms. The molecule has 7 heteroatoms. The van der Waals surface area contributed by atoms with Crippen LogP contribution >= 0.6 is 11.6 Å². The fourth-order valence-electron chi connectivity index (χ4n) is 2.94.